The van der Waals surface area contributed by atoms with Gasteiger partial charge in [0.2, 0.25) is 5.95 Å². The fourth-order valence-electron chi connectivity index (χ4n) is 3.56. The summed E-state index contributed by atoms with van der Waals surface area (Å²) >= 11 is 0. The quantitative estimate of drug-likeness (QED) is 0.746. The van der Waals surface area contributed by atoms with Gasteiger partial charge in [0.25, 0.3) is 0 Å². The fourth-order valence-corrected chi connectivity index (χ4v) is 3.56. The van der Waals surface area contributed by atoms with E-state index in [-0.39, 0.29) is 17.7 Å². The van der Waals surface area contributed by atoms with Crippen LogP contribution in [-0.2, 0) is 11.2 Å². The summed E-state index contributed by atoms with van der Waals surface area (Å²) in [6.07, 6.45) is 5.82. The van der Waals surface area contributed by atoms with Gasteiger partial charge in [-0.05, 0) is 56.7 Å². The van der Waals surface area contributed by atoms with E-state index in [9.17, 15) is 10.1 Å². The first-order valence-corrected chi connectivity index (χ1v) is 9.86. The number of nitriles is 2. The van der Waals surface area contributed by atoms with E-state index in [1.165, 1.54) is 6.20 Å². The Morgan fingerprint density at radius 2 is 1.86 bits per heavy atom. The maximum atomic E-state index is 11.5. The summed E-state index contributed by atoms with van der Waals surface area (Å²) in [6, 6.07) is 11.9. The van der Waals surface area contributed by atoms with E-state index in [0.717, 1.165) is 37.7 Å². The topological polar surface area (TPSA) is 114 Å². The lowest BCUT2D eigenvalue weighted by Gasteiger charge is -2.28. The third kappa shape index (κ3) is 5.52. The van der Waals surface area contributed by atoms with Gasteiger partial charge in [0, 0.05) is 18.5 Å². The molecule has 2 N–H and O–H groups in total. The Morgan fingerprint density at radius 3 is 2.48 bits per heavy atom. The molecule has 1 aromatic carbocycles. The number of benzene rings is 1. The molecule has 0 aliphatic heterocycles. The number of ketones is 1. The highest BCUT2D eigenvalue weighted by Crippen LogP contribution is 2.27. The van der Waals surface area contributed by atoms with Crippen LogP contribution in [0, 0.1) is 28.6 Å². The number of hydrogen-bond donors (Lipinski definition) is 2. The average Bonchev–Trinajstić information content (AvgIpc) is 2.75. The maximum absolute atomic E-state index is 11.5. The van der Waals surface area contributed by atoms with Crippen molar-refractivity contribution in [3.63, 3.8) is 0 Å². The predicted molar refractivity (Wildman–Crippen MR) is 110 cm³/mol. The summed E-state index contributed by atoms with van der Waals surface area (Å²) in [7, 11) is 0. The van der Waals surface area contributed by atoms with E-state index in [4.69, 9.17) is 5.26 Å². The van der Waals surface area contributed by atoms with E-state index in [1.807, 2.05) is 12.1 Å². The second-order valence-electron chi connectivity index (χ2n) is 7.36. The molecule has 0 radical (unpaired) electrons. The van der Waals surface area contributed by atoms with Crippen LogP contribution >= 0.6 is 0 Å². The summed E-state index contributed by atoms with van der Waals surface area (Å²) in [5, 5.41) is 24.8. The number of nitrogens with zero attached hydrogens (tertiary/aromatic N) is 4. The Bertz CT molecular complexity index is 933. The SMILES string of the molecule is CC(=O)[C@H]1CC[C@@H](Nc2nc(NCCc3ccc(C#N)cc3)ncc2C#N)CC1. The number of aromatic nitrogens is 2. The fraction of sp³-hybridized carbons (Fsp3) is 0.409. The van der Waals surface area contributed by atoms with E-state index in [2.05, 4.69) is 32.7 Å². The minimum Gasteiger partial charge on any atom is -0.366 e. The van der Waals surface area contributed by atoms with Gasteiger partial charge in [0.1, 0.15) is 23.2 Å². The standard InChI is InChI=1S/C22H24N6O/c1-15(29)18-6-8-20(9-7-18)27-21-19(13-24)14-26-22(28-21)25-11-10-16-2-4-17(12-23)5-3-16/h2-5,14,18,20H,6-11H2,1H3,(H2,25,26,27,28)/t18-,20+. The van der Waals surface area contributed by atoms with E-state index < -0.39 is 0 Å². The van der Waals surface area contributed by atoms with Crippen LogP contribution in [0.3, 0.4) is 0 Å². The molecule has 1 saturated carbocycles. The van der Waals surface area contributed by atoms with Crippen LogP contribution in [0.2, 0.25) is 0 Å². The van der Waals surface area contributed by atoms with Crippen LogP contribution in [0.5, 0.6) is 0 Å². The highest BCUT2D eigenvalue weighted by atomic mass is 16.1. The Kier molecular flexibility index (Phi) is 6.76. The molecule has 1 fully saturated rings. The second kappa shape index (κ2) is 9.66. The maximum Gasteiger partial charge on any atom is 0.224 e. The normalized spacial score (nSPS) is 18.3. The van der Waals surface area contributed by atoms with Gasteiger partial charge in [0.15, 0.2) is 0 Å². The summed E-state index contributed by atoms with van der Waals surface area (Å²) in [4.78, 5) is 20.2. The monoisotopic (exact) mass is 388 g/mol. The number of hydrogen-bond acceptors (Lipinski definition) is 7. The van der Waals surface area contributed by atoms with E-state index in [0.29, 0.717) is 29.4 Å². The number of anilines is 2. The number of rotatable bonds is 7. The van der Waals surface area contributed by atoms with Gasteiger partial charge in [-0.3, -0.25) is 4.79 Å². The zero-order valence-electron chi connectivity index (χ0n) is 16.5. The summed E-state index contributed by atoms with van der Waals surface area (Å²) < 4.78 is 0. The first-order chi connectivity index (χ1) is 14.1. The lowest BCUT2D eigenvalue weighted by Crippen LogP contribution is -2.29. The average molecular weight is 388 g/mol. The Balaban J connectivity index is 1.57. The molecule has 0 unspecified atom stereocenters. The Hall–Kier alpha value is -3.45. The van der Waals surface area contributed by atoms with Crippen LogP contribution in [0.1, 0.15) is 49.3 Å². The first-order valence-electron chi connectivity index (χ1n) is 9.86. The minimum atomic E-state index is 0.160. The van der Waals surface area contributed by atoms with Gasteiger partial charge < -0.3 is 10.6 Å². The molecular formula is C22H24N6O. The molecule has 3 rings (SSSR count). The molecule has 1 heterocycles. The van der Waals surface area contributed by atoms with E-state index in [1.54, 1.807) is 19.1 Å². The molecule has 0 atom stereocenters. The number of nitrogens with one attached hydrogen (secondary N) is 2. The molecule has 1 aliphatic rings. The third-order valence-electron chi connectivity index (χ3n) is 5.33. The summed E-state index contributed by atoms with van der Waals surface area (Å²) in [5.74, 6) is 1.43. The van der Waals surface area contributed by atoms with Gasteiger partial charge >= 0.3 is 0 Å². The zero-order chi connectivity index (χ0) is 20.6. The van der Waals surface area contributed by atoms with Crippen molar-refractivity contribution in [2.24, 2.45) is 5.92 Å². The Labute approximate surface area is 170 Å². The van der Waals surface area contributed by atoms with Crippen LogP contribution < -0.4 is 10.6 Å². The molecule has 2 aromatic rings. The smallest absolute Gasteiger partial charge is 0.224 e. The van der Waals surface area contributed by atoms with Crippen molar-refractivity contribution in [2.45, 2.75) is 45.1 Å². The van der Waals surface area contributed by atoms with Crippen molar-refractivity contribution >= 4 is 17.5 Å². The van der Waals surface area contributed by atoms with Crippen LogP contribution in [0.15, 0.2) is 30.5 Å². The molecule has 7 nitrogen and oxygen atoms in total. The van der Waals surface area contributed by atoms with Crippen molar-refractivity contribution < 1.29 is 4.79 Å². The minimum absolute atomic E-state index is 0.160. The Morgan fingerprint density at radius 1 is 1.14 bits per heavy atom. The lowest BCUT2D eigenvalue weighted by molar-refractivity contribution is -0.121. The van der Waals surface area contributed by atoms with E-state index >= 15 is 0 Å². The van der Waals surface area contributed by atoms with Crippen LogP contribution in [0.4, 0.5) is 11.8 Å². The highest BCUT2D eigenvalue weighted by molar-refractivity contribution is 5.78. The molecule has 7 heteroatoms. The van der Waals surface area contributed by atoms with Crippen molar-refractivity contribution in [3.8, 4) is 12.1 Å². The number of Topliss-reactive ketones (excluding diaryl/α,β-unsaturated/α-hetero) is 1. The molecule has 1 aromatic heterocycles. The van der Waals surface area contributed by atoms with Crippen LogP contribution in [-0.4, -0.2) is 28.3 Å². The van der Waals surface area contributed by atoms with Gasteiger partial charge in [0.05, 0.1) is 17.8 Å². The van der Waals surface area contributed by atoms with Gasteiger partial charge in [-0.2, -0.15) is 15.5 Å². The summed E-state index contributed by atoms with van der Waals surface area (Å²) in [6.45, 7) is 2.30. The largest absolute Gasteiger partial charge is 0.366 e. The molecule has 1 aliphatic carbocycles. The zero-order valence-corrected chi connectivity index (χ0v) is 16.5. The first kappa shape index (κ1) is 20.3. The molecule has 29 heavy (non-hydrogen) atoms. The molecular weight excluding hydrogens is 364 g/mol. The molecule has 0 amide bonds. The molecule has 0 bridgehead atoms. The molecule has 0 saturated heterocycles. The van der Waals surface area contributed by atoms with Gasteiger partial charge in [-0.1, -0.05) is 12.1 Å². The number of carbonyl (C=O) groups excluding carboxylic acids is 1. The summed E-state index contributed by atoms with van der Waals surface area (Å²) in [5.41, 5.74) is 2.17. The van der Waals surface area contributed by atoms with Crippen molar-refractivity contribution in [2.75, 3.05) is 17.2 Å². The van der Waals surface area contributed by atoms with Crippen molar-refractivity contribution in [1.82, 2.24) is 9.97 Å². The highest BCUT2D eigenvalue weighted by Gasteiger charge is 2.24. The van der Waals surface area contributed by atoms with Crippen molar-refractivity contribution in [3.05, 3.63) is 47.2 Å². The molecule has 148 valence electrons. The number of carbonyl (C=O) groups is 1. The van der Waals surface area contributed by atoms with Gasteiger partial charge in [-0.25, -0.2) is 4.98 Å². The second-order valence-corrected chi connectivity index (χ2v) is 7.36. The lowest BCUT2D eigenvalue weighted by atomic mass is 9.84. The third-order valence-corrected chi connectivity index (χ3v) is 5.33. The molecule has 0 spiro atoms. The van der Waals surface area contributed by atoms with Crippen molar-refractivity contribution in [1.29, 1.82) is 10.5 Å². The van der Waals surface area contributed by atoms with Crippen LogP contribution in [0.25, 0.3) is 0 Å². The predicted octanol–water partition coefficient (Wildman–Crippen LogP) is 3.43. The van der Waals surface area contributed by atoms with Gasteiger partial charge in [-0.15, -0.1) is 0 Å².